The molecular formula is C13H14O2. The molecule has 0 aliphatic rings. The largest absolute Gasteiger partial charge is 0.459 e. The van der Waals surface area contributed by atoms with Crippen molar-refractivity contribution < 1.29 is 9.53 Å². The van der Waals surface area contributed by atoms with Gasteiger partial charge in [-0.15, -0.1) is 0 Å². The number of ether oxygens (including phenoxy) is 1. The fraction of sp³-hybridized carbons (Fsp3) is 0.308. The molecule has 1 aromatic rings. The lowest BCUT2D eigenvalue weighted by Crippen LogP contribution is -1.94. The molecule has 78 valence electrons. The molecule has 0 radical (unpaired) electrons. The van der Waals surface area contributed by atoms with Crippen molar-refractivity contribution in [2.45, 2.75) is 19.8 Å². The number of hydrogen-bond acceptors (Lipinski definition) is 2. The quantitative estimate of drug-likeness (QED) is 0.516. The minimum absolute atomic E-state index is 0.507. The maximum Gasteiger partial charge on any atom is 0.384 e. The first kappa shape index (κ1) is 11.3. The van der Waals surface area contributed by atoms with E-state index >= 15 is 0 Å². The van der Waals surface area contributed by atoms with Crippen LogP contribution < -0.4 is 0 Å². The van der Waals surface area contributed by atoms with Crippen LogP contribution in [0.4, 0.5) is 0 Å². The van der Waals surface area contributed by atoms with Gasteiger partial charge in [0.2, 0.25) is 0 Å². The smallest absolute Gasteiger partial charge is 0.384 e. The average Bonchev–Trinajstić information content (AvgIpc) is 2.26. The Morgan fingerprint density at radius 2 is 1.87 bits per heavy atom. The highest BCUT2D eigenvalue weighted by Crippen LogP contribution is 2.13. The van der Waals surface area contributed by atoms with E-state index in [2.05, 4.69) is 30.4 Å². The van der Waals surface area contributed by atoms with Crippen molar-refractivity contribution in [3.63, 3.8) is 0 Å². The summed E-state index contributed by atoms with van der Waals surface area (Å²) in [5.41, 5.74) is 2.09. The van der Waals surface area contributed by atoms with Gasteiger partial charge in [-0.1, -0.05) is 31.9 Å². The summed E-state index contributed by atoms with van der Waals surface area (Å²) in [6.07, 6.45) is 0. The second kappa shape index (κ2) is 5.21. The molecule has 0 aliphatic heterocycles. The van der Waals surface area contributed by atoms with Crippen molar-refractivity contribution in [1.29, 1.82) is 0 Å². The molecule has 0 saturated heterocycles. The van der Waals surface area contributed by atoms with Crippen LogP contribution in [0.25, 0.3) is 0 Å². The molecule has 1 rings (SSSR count). The molecule has 15 heavy (non-hydrogen) atoms. The lowest BCUT2D eigenvalue weighted by Gasteiger charge is -2.03. The second-order valence-corrected chi connectivity index (χ2v) is 3.52. The van der Waals surface area contributed by atoms with Gasteiger partial charge in [-0.05, 0) is 23.6 Å². The minimum Gasteiger partial charge on any atom is -0.459 e. The van der Waals surface area contributed by atoms with Crippen LogP contribution >= 0.6 is 0 Å². The molecule has 0 saturated carbocycles. The molecule has 0 fully saturated rings. The van der Waals surface area contributed by atoms with Crippen molar-refractivity contribution in [1.82, 2.24) is 0 Å². The number of carbonyl (C=O) groups excluding carboxylic acids is 1. The van der Waals surface area contributed by atoms with Crippen LogP contribution in [-0.4, -0.2) is 13.1 Å². The third kappa shape index (κ3) is 3.47. The molecule has 0 spiro atoms. The van der Waals surface area contributed by atoms with Gasteiger partial charge in [0.1, 0.15) is 0 Å². The van der Waals surface area contributed by atoms with Gasteiger partial charge >= 0.3 is 5.97 Å². The first-order chi connectivity index (χ1) is 7.13. The van der Waals surface area contributed by atoms with Crippen LogP contribution in [-0.2, 0) is 9.53 Å². The van der Waals surface area contributed by atoms with Crippen LogP contribution in [0.15, 0.2) is 24.3 Å². The number of hydrogen-bond donors (Lipinski definition) is 0. The Labute approximate surface area is 90.3 Å². The van der Waals surface area contributed by atoms with Gasteiger partial charge in [0.25, 0.3) is 0 Å². The molecule has 0 atom stereocenters. The van der Waals surface area contributed by atoms with E-state index in [0.717, 1.165) is 5.56 Å². The molecule has 0 bridgehead atoms. The molecular weight excluding hydrogens is 188 g/mol. The lowest BCUT2D eigenvalue weighted by atomic mass is 10.0. The molecule has 0 amide bonds. The average molecular weight is 202 g/mol. The molecule has 0 unspecified atom stereocenters. The van der Waals surface area contributed by atoms with E-state index in [1.165, 1.54) is 12.7 Å². The van der Waals surface area contributed by atoms with Gasteiger partial charge in [-0.25, -0.2) is 4.79 Å². The first-order valence-corrected chi connectivity index (χ1v) is 4.83. The summed E-state index contributed by atoms with van der Waals surface area (Å²) < 4.78 is 4.42. The third-order valence-electron chi connectivity index (χ3n) is 2.07. The highest BCUT2D eigenvalue weighted by Gasteiger charge is 1.97. The second-order valence-electron chi connectivity index (χ2n) is 3.52. The van der Waals surface area contributed by atoms with E-state index in [0.29, 0.717) is 5.92 Å². The summed E-state index contributed by atoms with van der Waals surface area (Å²) in [7, 11) is 1.32. The van der Waals surface area contributed by atoms with Gasteiger partial charge < -0.3 is 4.74 Å². The highest BCUT2D eigenvalue weighted by molar-refractivity contribution is 5.88. The van der Waals surface area contributed by atoms with Crippen LogP contribution in [0.3, 0.4) is 0 Å². The highest BCUT2D eigenvalue weighted by atomic mass is 16.5. The van der Waals surface area contributed by atoms with Crippen molar-refractivity contribution in [3.8, 4) is 11.8 Å². The minimum atomic E-state index is -0.511. The fourth-order valence-electron chi connectivity index (χ4n) is 1.13. The zero-order chi connectivity index (χ0) is 11.3. The first-order valence-electron chi connectivity index (χ1n) is 4.83. The summed E-state index contributed by atoms with van der Waals surface area (Å²) in [4.78, 5) is 10.8. The number of benzene rings is 1. The summed E-state index contributed by atoms with van der Waals surface area (Å²) in [5.74, 6) is 5.12. The topological polar surface area (TPSA) is 26.3 Å². The van der Waals surface area contributed by atoms with Gasteiger partial charge in [0, 0.05) is 11.5 Å². The summed E-state index contributed by atoms with van der Waals surface area (Å²) in [6, 6.07) is 7.86. The molecule has 1 aromatic carbocycles. The molecule has 0 aliphatic carbocycles. The summed E-state index contributed by atoms with van der Waals surface area (Å²) in [6.45, 7) is 4.27. The van der Waals surface area contributed by atoms with Gasteiger partial charge in [0.15, 0.2) is 0 Å². The maximum absolute atomic E-state index is 10.8. The third-order valence-corrected chi connectivity index (χ3v) is 2.07. The molecule has 0 heterocycles. The van der Waals surface area contributed by atoms with E-state index in [1.807, 2.05) is 24.3 Å². The van der Waals surface area contributed by atoms with Gasteiger partial charge in [-0.3, -0.25) is 0 Å². The van der Waals surface area contributed by atoms with E-state index < -0.39 is 5.97 Å². The molecule has 0 aromatic heterocycles. The van der Waals surface area contributed by atoms with Gasteiger partial charge in [-0.2, -0.15) is 0 Å². The monoisotopic (exact) mass is 202 g/mol. The Hall–Kier alpha value is -1.75. The predicted molar refractivity (Wildman–Crippen MR) is 59.4 cm³/mol. The maximum atomic E-state index is 10.8. The number of rotatable bonds is 1. The van der Waals surface area contributed by atoms with E-state index in [1.54, 1.807) is 0 Å². The number of carbonyl (C=O) groups is 1. The Balaban J connectivity index is 2.79. The Kier molecular flexibility index (Phi) is 3.93. The lowest BCUT2D eigenvalue weighted by molar-refractivity contribution is -0.133. The summed E-state index contributed by atoms with van der Waals surface area (Å²) >= 11 is 0. The fourth-order valence-corrected chi connectivity index (χ4v) is 1.13. The zero-order valence-corrected chi connectivity index (χ0v) is 9.20. The van der Waals surface area contributed by atoms with Crippen LogP contribution in [0.5, 0.6) is 0 Å². The number of esters is 1. The van der Waals surface area contributed by atoms with Crippen LogP contribution in [0, 0.1) is 11.8 Å². The van der Waals surface area contributed by atoms with Crippen LogP contribution in [0.2, 0.25) is 0 Å². The zero-order valence-electron chi connectivity index (χ0n) is 9.20. The van der Waals surface area contributed by atoms with Crippen molar-refractivity contribution in [2.75, 3.05) is 7.11 Å². The van der Waals surface area contributed by atoms with Crippen molar-refractivity contribution >= 4 is 5.97 Å². The van der Waals surface area contributed by atoms with E-state index in [4.69, 9.17) is 0 Å². The Morgan fingerprint density at radius 3 is 2.33 bits per heavy atom. The molecule has 0 N–H and O–H groups in total. The van der Waals surface area contributed by atoms with Crippen molar-refractivity contribution in [2.24, 2.45) is 0 Å². The van der Waals surface area contributed by atoms with E-state index in [9.17, 15) is 4.79 Å². The Bertz CT molecular complexity index is 391. The molecule has 2 nitrogen and oxygen atoms in total. The number of methoxy groups -OCH3 is 1. The SMILES string of the molecule is COC(=O)C#Cc1ccc(C(C)C)cc1. The summed E-state index contributed by atoms with van der Waals surface area (Å²) in [5, 5.41) is 0. The molecule has 2 heteroatoms. The van der Waals surface area contributed by atoms with E-state index in [-0.39, 0.29) is 0 Å². The Morgan fingerprint density at radius 1 is 1.27 bits per heavy atom. The standard InChI is InChI=1S/C13H14O2/c1-10(2)12-7-4-11(5-8-12)6-9-13(14)15-3/h4-5,7-8,10H,1-3H3. The van der Waals surface area contributed by atoms with Crippen LogP contribution in [0.1, 0.15) is 30.9 Å². The predicted octanol–water partition coefficient (Wildman–Crippen LogP) is 2.33. The van der Waals surface area contributed by atoms with Crippen molar-refractivity contribution in [3.05, 3.63) is 35.4 Å². The van der Waals surface area contributed by atoms with Gasteiger partial charge in [0.05, 0.1) is 7.11 Å². The normalized spacial score (nSPS) is 9.33.